The Bertz CT molecular complexity index is 855. The standard InChI is InChI=1S/C19H17NO5/c1-4-14-7-8-15(12-16(14)20(22)23)17(21)9-5-13-6-10-18(24-2)19(11-13)25-3/h4-12H,1H2,2-3H3. The molecular formula is C19H17NO5. The van der Waals surface area contributed by atoms with Crippen molar-refractivity contribution >= 4 is 23.6 Å². The SMILES string of the molecule is C=Cc1ccc(C(=O)C=Cc2ccc(OC)c(OC)c2)cc1[N+](=O)[O-]. The van der Waals surface area contributed by atoms with Crippen LogP contribution in [0.3, 0.4) is 0 Å². The number of carbonyl (C=O) groups excluding carboxylic acids is 1. The lowest BCUT2D eigenvalue weighted by atomic mass is 10.0. The van der Waals surface area contributed by atoms with E-state index in [2.05, 4.69) is 6.58 Å². The molecule has 6 nitrogen and oxygen atoms in total. The van der Waals surface area contributed by atoms with Gasteiger partial charge in [0, 0.05) is 11.6 Å². The van der Waals surface area contributed by atoms with Gasteiger partial charge in [0.25, 0.3) is 5.69 Å². The van der Waals surface area contributed by atoms with Crippen LogP contribution in [0.25, 0.3) is 12.2 Å². The lowest BCUT2D eigenvalue weighted by molar-refractivity contribution is -0.385. The molecule has 0 fully saturated rings. The fourth-order valence-corrected chi connectivity index (χ4v) is 2.25. The summed E-state index contributed by atoms with van der Waals surface area (Å²) in [5, 5.41) is 11.1. The maximum absolute atomic E-state index is 12.3. The minimum Gasteiger partial charge on any atom is -0.493 e. The first-order chi connectivity index (χ1) is 12.0. The number of nitrogens with zero attached hydrogens (tertiary/aromatic N) is 1. The van der Waals surface area contributed by atoms with Gasteiger partial charge in [-0.3, -0.25) is 14.9 Å². The van der Waals surface area contributed by atoms with Crippen LogP contribution in [0, 0.1) is 10.1 Å². The average molecular weight is 339 g/mol. The largest absolute Gasteiger partial charge is 0.493 e. The molecule has 0 saturated heterocycles. The summed E-state index contributed by atoms with van der Waals surface area (Å²) in [6.45, 7) is 3.53. The van der Waals surface area contributed by atoms with Gasteiger partial charge in [-0.05, 0) is 35.9 Å². The normalized spacial score (nSPS) is 10.5. The highest BCUT2D eigenvalue weighted by Gasteiger charge is 2.14. The summed E-state index contributed by atoms with van der Waals surface area (Å²) in [6.07, 6.45) is 4.34. The number of ketones is 1. The highest BCUT2D eigenvalue weighted by Crippen LogP contribution is 2.28. The molecule has 128 valence electrons. The Balaban J connectivity index is 2.27. The van der Waals surface area contributed by atoms with Gasteiger partial charge in [0.2, 0.25) is 0 Å². The van der Waals surface area contributed by atoms with Gasteiger partial charge in [0.1, 0.15) is 0 Å². The van der Waals surface area contributed by atoms with E-state index in [1.165, 1.54) is 44.6 Å². The fourth-order valence-electron chi connectivity index (χ4n) is 2.25. The zero-order chi connectivity index (χ0) is 18.4. The monoisotopic (exact) mass is 339 g/mol. The Hall–Kier alpha value is -3.41. The van der Waals surface area contributed by atoms with Gasteiger partial charge in [-0.15, -0.1) is 0 Å². The van der Waals surface area contributed by atoms with Crippen molar-refractivity contribution in [3.63, 3.8) is 0 Å². The van der Waals surface area contributed by atoms with Crippen molar-refractivity contribution in [3.8, 4) is 11.5 Å². The summed E-state index contributed by atoms with van der Waals surface area (Å²) in [5.74, 6) is 0.790. The zero-order valence-electron chi connectivity index (χ0n) is 13.9. The van der Waals surface area contributed by atoms with Crippen LogP contribution in [0.1, 0.15) is 21.5 Å². The van der Waals surface area contributed by atoms with E-state index in [0.717, 1.165) is 5.56 Å². The van der Waals surface area contributed by atoms with E-state index in [-0.39, 0.29) is 17.0 Å². The molecule has 0 aliphatic heterocycles. The molecule has 0 radical (unpaired) electrons. The molecular weight excluding hydrogens is 322 g/mol. The number of allylic oxidation sites excluding steroid dienone is 1. The van der Waals surface area contributed by atoms with Crippen LogP contribution < -0.4 is 9.47 Å². The third-order valence-electron chi connectivity index (χ3n) is 3.57. The number of hydrogen-bond acceptors (Lipinski definition) is 5. The predicted octanol–water partition coefficient (Wildman–Crippen LogP) is 4.15. The highest BCUT2D eigenvalue weighted by molar-refractivity contribution is 6.07. The molecule has 0 spiro atoms. The first-order valence-corrected chi connectivity index (χ1v) is 7.35. The number of benzene rings is 2. The van der Waals surface area contributed by atoms with Crippen molar-refractivity contribution in [1.29, 1.82) is 0 Å². The fraction of sp³-hybridized carbons (Fsp3) is 0.105. The third kappa shape index (κ3) is 4.11. The Labute approximate surface area is 145 Å². The molecule has 0 N–H and O–H groups in total. The van der Waals surface area contributed by atoms with E-state index in [4.69, 9.17) is 9.47 Å². The molecule has 0 aliphatic carbocycles. The van der Waals surface area contributed by atoms with Gasteiger partial charge in [0.15, 0.2) is 17.3 Å². The van der Waals surface area contributed by atoms with E-state index in [9.17, 15) is 14.9 Å². The van der Waals surface area contributed by atoms with Gasteiger partial charge < -0.3 is 9.47 Å². The minimum atomic E-state index is -0.536. The maximum Gasteiger partial charge on any atom is 0.277 e. The number of hydrogen-bond donors (Lipinski definition) is 0. The van der Waals surface area contributed by atoms with Crippen molar-refractivity contribution < 1.29 is 19.2 Å². The second-order valence-electron chi connectivity index (χ2n) is 5.05. The van der Waals surface area contributed by atoms with Crippen molar-refractivity contribution in [2.24, 2.45) is 0 Å². The molecule has 0 heterocycles. The Morgan fingerprint density at radius 2 is 1.84 bits per heavy atom. The third-order valence-corrected chi connectivity index (χ3v) is 3.57. The smallest absolute Gasteiger partial charge is 0.277 e. The summed E-state index contributed by atoms with van der Waals surface area (Å²) in [4.78, 5) is 22.8. The van der Waals surface area contributed by atoms with Crippen LogP contribution in [0.15, 0.2) is 49.1 Å². The summed E-state index contributed by atoms with van der Waals surface area (Å²) in [7, 11) is 3.06. The Kier molecular flexibility index (Phi) is 5.68. The molecule has 0 unspecified atom stereocenters. The number of nitro benzene ring substituents is 1. The lowest BCUT2D eigenvalue weighted by Crippen LogP contribution is -1.98. The van der Waals surface area contributed by atoms with Gasteiger partial charge in [-0.2, -0.15) is 0 Å². The molecule has 0 amide bonds. The summed E-state index contributed by atoms with van der Waals surface area (Å²) >= 11 is 0. The van der Waals surface area contributed by atoms with Crippen molar-refractivity contribution in [3.05, 3.63) is 75.9 Å². The van der Waals surface area contributed by atoms with E-state index >= 15 is 0 Å². The number of rotatable bonds is 7. The highest BCUT2D eigenvalue weighted by atomic mass is 16.6. The number of nitro groups is 1. The second kappa shape index (κ2) is 7.92. The topological polar surface area (TPSA) is 78.7 Å². The summed E-state index contributed by atoms with van der Waals surface area (Å²) in [5.41, 5.74) is 1.18. The minimum absolute atomic E-state index is 0.152. The van der Waals surface area contributed by atoms with E-state index < -0.39 is 4.92 Å². The summed E-state index contributed by atoms with van der Waals surface area (Å²) < 4.78 is 10.4. The van der Waals surface area contributed by atoms with E-state index in [1.807, 2.05) is 0 Å². The van der Waals surface area contributed by atoms with Gasteiger partial charge in [-0.25, -0.2) is 0 Å². The Morgan fingerprint density at radius 1 is 1.12 bits per heavy atom. The van der Waals surface area contributed by atoms with Crippen LogP contribution >= 0.6 is 0 Å². The van der Waals surface area contributed by atoms with Crippen molar-refractivity contribution in [2.45, 2.75) is 0 Å². The molecule has 0 saturated carbocycles. The molecule has 6 heteroatoms. The molecule has 2 aromatic carbocycles. The molecule has 0 atom stereocenters. The number of carbonyl (C=O) groups is 1. The van der Waals surface area contributed by atoms with E-state index in [0.29, 0.717) is 17.1 Å². The quantitative estimate of drug-likeness (QED) is 0.328. The van der Waals surface area contributed by atoms with Crippen LogP contribution in [-0.2, 0) is 0 Å². The van der Waals surface area contributed by atoms with Crippen LogP contribution in [0.2, 0.25) is 0 Å². The zero-order valence-corrected chi connectivity index (χ0v) is 13.9. The predicted molar refractivity (Wildman–Crippen MR) is 96.1 cm³/mol. The maximum atomic E-state index is 12.3. The molecule has 0 bridgehead atoms. The van der Waals surface area contributed by atoms with Gasteiger partial charge in [0.05, 0.1) is 24.7 Å². The van der Waals surface area contributed by atoms with Crippen LogP contribution in [-0.4, -0.2) is 24.9 Å². The first kappa shape index (κ1) is 17.9. The molecule has 0 aliphatic rings. The van der Waals surface area contributed by atoms with Gasteiger partial charge >= 0.3 is 0 Å². The first-order valence-electron chi connectivity index (χ1n) is 7.35. The number of ether oxygens (including phenoxy) is 2. The summed E-state index contributed by atoms with van der Waals surface area (Å²) in [6, 6.07) is 9.51. The second-order valence-corrected chi connectivity index (χ2v) is 5.05. The van der Waals surface area contributed by atoms with Gasteiger partial charge in [-0.1, -0.05) is 24.8 Å². The molecule has 25 heavy (non-hydrogen) atoms. The average Bonchev–Trinajstić information content (AvgIpc) is 2.65. The molecule has 2 aromatic rings. The molecule has 2 rings (SSSR count). The number of methoxy groups -OCH3 is 2. The van der Waals surface area contributed by atoms with Crippen molar-refractivity contribution in [2.75, 3.05) is 14.2 Å². The van der Waals surface area contributed by atoms with E-state index in [1.54, 1.807) is 24.3 Å². The molecule has 0 aromatic heterocycles. The van der Waals surface area contributed by atoms with Crippen LogP contribution in [0.4, 0.5) is 5.69 Å². The van der Waals surface area contributed by atoms with Crippen molar-refractivity contribution in [1.82, 2.24) is 0 Å². The Morgan fingerprint density at radius 3 is 2.44 bits per heavy atom. The van der Waals surface area contributed by atoms with Crippen LogP contribution in [0.5, 0.6) is 11.5 Å². The lowest BCUT2D eigenvalue weighted by Gasteiger charge is -2.07.